The van der Waals surface area contributed by atoms with Crippen LogP contribution in [0.3, 0.4) is 0 Å². The van der Waals surface area contributed by atoms with Crippen LogP contribution in [0.1, 0.15) is 0 Å². The number of carbonyl (C=O) groups excluding carboxylic acids is 1. The number of ether oxygens (including phenoxy) is 1. The third kappa shape index (κ3) is 2.25. The van der Waals surface area contributed by atoms with Crippen molar-refractivity contribution in [3.8, 4) is 0 Å². The van der Waals surface area contributed by atoms with Crippen molar-refractivity contribution < 1.29 is 9.53 Å². The van der Waals surface area contributed by atoms with Crippen molar-refractivity contribution in [2.45, 2.75) is 0 Å². The molecule has 0 radical (unpaired) electrons. The molecule has 1 heterocycles. The highest BCUT2D eigenvalue weighted by Crippen LogP contribution is 2.18. The van der Waals surface area contributed by atoms with E-state index in [1.54, 1.807) is 18.2 Å². The molecule has 0 aliphatic carbocycles. The first-order chi connectivity index (χ1) is 7.69. The summed E-state index contributed by atoms with van der Waals surface area (Å²) in [5.41, 5.74) is 1.61. The monoisotopic (exact) mass is 239 g/mol. The number of nitrogens with one attached hydrogen (secondary N) is 2. The lowest BCUT2D eigenvalue weighted by atomic mass is 10.3. The quantitative estimate of drug-likeness (QED) is 0.802. The summed E-state index contributed by atoms with van der Waals surface area (Å²) >= 11 is 5.84. The maximum Gasteiger partial charge on any atom is 0.325 e. The zero-order chi connectivity index (χ0) is 11.5. The topological polar surface area (TPSA) is 67.0 Å². The van der Waals surface area contributed by atoms with E-state index < -0.39 is 0 Å². The van der Waals surface area contributed by atoms with Crippen LogP contribution >= 0.6 is 11.6 Å². The lowest BCUT2D eigenvalue weighted by Gasteiger charge is -1.99. The van der Waals surface area contributed by atoms with Crippen LogP contribution in [-0.4, -0.2) is 29.6 Å². The molecule has 84 valence electrons. The molecule has 0 atom stereocenters. The molecular weight excluding hydrogens is 230 g/mol. The number of methoxy groups -OCH3 is 1. The van der Waals surface area contributed by atoms with Crippen LogP contribution < -0.4 is 5.32 Å². The van der Waals surface area contributed by atoms with Crippen molar-refractivity contribution >= 4 is 34.6 Å². The summed E-state index contributed by atoms with van der Waals surface area (Å²) in [7, 11) is 1.34. The second-order valence-electron chi connectivity index (χ2n) is 3.18. The highest BCUT2D eigenvalue weighted by atomic mass is 35.5. The Kier molecular flexibility index (Phi) is 2.96. The maximum absolute atomic E-state index is 10.9. The summed E-state index contributed by atoms with van der Waals surface area (Å²) in [5, 5.41) is 3.45. The Balaban J connectivity index is 2.16. The first kappa shape index (κ1) is 10.8. The van der Waals surface area contributed by atoms with E-state index in [9.17, 15) is 4.79 Å². The van der Waals surface area contributed by atoms with E-state index >= 15 is 0 Å². The molecule has 0 spiro atoms. The second kappa shape index (κ2) is 4.40. The Labute approximate surface area is 96.8 Å². The van der Waals surface area contributed by atoms with Crippen molar-refractivity contribution in [1.82, 2.24) is 9.97 Å². The Morgan fingerprint density at radius 3 is 3.19 bits per heavy atom. The number of halogens is 1. The van der Waals surface area contributed by atoms with Gasteiger partial charge in [0.25, 0.3) is 0 Å². The van der Waals surface area contributed by atoms with Gasteiger partial charge in [0, 0.05) is 5.02 Å². The fourth-order valence-corrected chi connectivity index (χ4v) is 1.47. The van der Waals surface area contributed by atoms with E-state index in [0.29, 0.717) is 11.0 Å². The van der Waals surface area contributed by atoms with Gasteiger partial charge in [-0.05, 0) is 18.2 Å². The Hall–Kier alpha value is -1.75. The molecule has 0 saturated carbocycles. The molecule has 0 saturated heterocycles. The van der Waals surface area contributed by atoms with Crippen molar-refractivity contribution in [3.05, 3.63) is 23.2 Å². The van der Waals surface area contributed by atoms with Crippen LogP contribution in [0, 0.1) is 0 Å². The first-order valence-electron chi connectivity index (χ1n) is 4.65. The number of anilines is 1. The minimum Gasteiger partial charge on any atom is -0.468 e. The smallest absolute Gasteiger partial charge is 0.325 e. The minimum atomic E-state index is -0.349. The molecule has 2 rings (SSSR count). The molecule has 1 aromatic heterocycles. The zero-order valence-corrected chi connectivity index (χ0v) is 9.34. The largest absolute Gasteiger partial charge is 0.468 e. The zero-order valence-electron chi connectivity index (χ0n) is 8.58. The van der Waals surface area contributed by atoms with Crippen molar-refractivity contribution in [3.63, 3.8) is 0 Å². The van der Waals surface area contributed by atoms with Gasteiger partial charge in [0.1, 0.15) is 6.54 Å². The predicted octanol–water partition coefficient (Wildman–Crippen LogP) is 1.80. The number of hydrogen-bond acceptors (Lipinski definition) is 4. The molecule has 0 bridgehead atoms. The molecule has 0 fully saturated rings. The molecule has 1 aromatic carbocycles. The summed E-state index contributed by atoms with van der Waals surface area (Å²) in [6, 6.07) is 5.33. The van der Waals surface area contributed by atoms with Gasteiger partial charge >= 0.3 is 5.97 Å². The number of nitrogens with zero attached hydrogens (tertiary/aromatic N) is 1. The first-order valence-corrected chi connectivity index (χ1v) is 5.03. The molecule has 2 N–H and O–H groups in total. The standard InChI is InChI=1S/C10H10ClN3O2/c1-16-9(15)5-12-10-13-7-3-2-6(11)4-8(7)14-10/h2-4H,5H2,1H3,(H2,12,13,14). The summed E-state index contributed by atoms with van der Waals surface area (Å²) in [6.07, 6.45) is 0. The second-order valence-corrected chi connectivity index (χ2v) is 3.61. The van der Waals surface area contributed by atoms with Gasteiger partial charge in [-0.25, -0.2) is 4.98 Å². The minimum absolute atomic E-state index is 0.0735. The number of esters is 1. The highest BCUT2D eigenvalue weighted by Gasteiger charge is 2.04. The number of hydrogen-bond donors (Lipinski definition) is 2. The highest BCUT2D eigenvalue weighted by molar-refractivity contribution is 6.31. The fraction of sp³-hybridized carbons (Fsp3) is 0.200. The molecule has 2 aromatic rings. The molecule has 6 heteroatoms. The van der Waals surface area contributed by atoms with E-state index in [4.69, 9.17) is 11.6 Å². The van der Waals surface area contributed by atoms with Crippen LogP contribution in [0.4, 0.5) is 5.95 Å². The molecule has 0 unspecified atom stereocenters. The third-order valence-corrected chi connectivity index (χ3v) is 2.31. The van der Waals surface area contributed by atoms with Gasteiger partial charge in [-0.2, -0.15) is 0 Å². The number of carbonyl (C=O) groups is 1. The molecule has 0 aliphatic rings. The van der Waals surface area contributed by atoms with E-state index in [0.717, 1.165) is 11.0 Å². The number of fused-ring (bicyclic) bond motifs is 1. The van der Waals surface area contributed by atoms with Crippen LogP contribution in [-0.2, 0) is 9.53 Å². The van der Waals surface area contributed by atoms with Gasteiger partial charge in [0.15, 0.2) is 0 Å². The summed E-state index contributed by atoms with van der Waals surface area (Å²) in [6.45, 7) is 0.0735. The number of aromatic amines is 1. The summed E-state index contributed by atoms with van der Waals surface area (Å²) in [4.78, 5) is 18.1. The molecule has 16 heavy (non-hydrogen) atoms. The Bertz CT molecular complexity index is 524. The van der Waals surface area contributed by atoms with Crippen molar-refractivity contribution in [2.24, 2.45) is 0 Å². The average molecular weight is 240 g/mol. The number of imidazole rings is 1. The van der Waals surface area contributed by atoms with Gasteiger partial charge in [0.05, 0.1) is 18.1 Å². The van der Waals surface area contributed by atoms with Gasteiger partial charge < -0.3 is 15.0 Å². The van der Waals surface area contributed by atoms with E-state index in [2.05, 4.69) is 20.0 Å². The molecule has 0 amide bonds. The number of aromatic nitrogens is 2. The third-order valence-electron chi connectivity index (χ3n) is 2.07. The number of rotatable bonds is 3. The number of H-pyrrole nitrogens is 1. The SMILES string of the molecule is COC(=O)CNc1nc2ccc(Cl)cc2[nH]1. The van der Waals surface area contributed by atoms with Gasteiger partial charge in [-0.15, -0.1) is 0 Å². The van der Waals surface area contributed by atoms with Gasteiger partial charge in [-0.1, -0.05) is 11.6 Å². The normalized spacial score (nSPS) is 10.4. The Morgan fingerprint density at radius 2 is 2.44 bits per heavy atom. The van der Waals surface area contributed by atoms with Gasteiger partial charge in [0.2, 0.25) is 5.95 Å². The molecule has 5 nitrogen and oxygen atoms in total. The van der Waals surface area contributed by atoms with Crippen LogP contribution in [0.25, 0.3) is 11.0 Å². The van der Waals surface area contributed by atoms with Gasteiger partial charge in [-0.3, -0.25) is 4.79 Å². The fourth-order valence-electron chi connectivity index (χ4n) is 1.29. The van der Waals surface area contributed by atoms with E-state index in [1.807, 2.05) is 0 Å². The lowest BCUT2D eigenvalue weighted by Crippen LogP contribution is -2.15. The van der Waals surface area contributed by atoms with Crippen molar-refractivity contribution in [1.29, 1.82) is 0 Å². The summed E-state index contributed by atoms with van der Waals surface area (Å²) in [5.74, 6) is 0.168. The number of benzene rings is 1. The van der Waals surface area contributed by atoms with E-state index in [1.165, 1.54) is 7.11 Å². The summed E-state index contributed by atoms with van der Waals surface area (Å²) < 4.78 is 4.50. The van der Waals surface area contributed by atoms with Crippen LogP contribution in [0.2, 0.25) is 5.02 Å². The predicted molar refractivity (Wildman–Crippen MR) is 61.6 cm³/mol. The lowest BCUT2D eigenvalue weighted by molar-refractivity contribution is -0.138. The maximum atomic E-state index is 10.9. The van der Waals surface area contributed by atoms with Crippen LogP contribution in [0.15, 0.2) is 18.2 Å². The van der Waals surface area contributed by atoms with E-state index in [-0.39, 0.29) is 12.5 Å². The Morgan fingerprint density at radius 1 is 1.62 bits per heavy atom. The van der Waals surface area contributed by atoms with Crippen LogP contribution in [0.5, 0.6) is 0 Å². The van der Waals surface area contributed by atoms with Crippen molar-refractivity contribution in [2.75, 3.05) is 19.0 Å². The molecular formula is C10H10ClN3O2. The molecule has 0 aliphatic heterocycles. The average Bonchev–Trinajstić information content (AvgIpc) is 2.67.